The molecule has 2 saturated carbocycles. The van der Waals surface area contributed by atoms with Crippen LogP contribution in [0.3, 0.4) is 0 Å². The number of nitrogens with one attached hydrogen (secondary N) is 1. The van der Waals surface area contributed by atoms with Crippen LogP contribution in [0.15, 0.2) is 18.5 Å². The number of hydrogen-bond donors (Lipinski definition) is 2. The summed E-state index contributed by atoms with van der Waals surface area (Å²) in [5, 5.41) is 6.63. The highest BCUT2D eigenvalue weighted by molar-refractivity contribution is 5.77. The lowest BCUT2D eigenvalue weighted by Gasteiger charge is -2.20. The largest absolute Gasteiger partial charge is 0.395 e. The average Bonchev–Trinajstić information content (AvgIpc) is 3.37. The third kappa shape index (κ3) is 6.11. The SMILES string of the molecule is FC1(F)CCCCC1.NCc1cn2ncc(CNC(=O)CC3(C(F)(F)F)CC3)cc2n1. The van der Waals surface area contributed by atoms with E-state index in [2.05, 4.69) is 15.4 Å². The van der Waals surface area contributed by atoms with Crippen LogP contribution >= 0.6 is 0 Å². The molecule has 6 nitrogen and oxygen atoms in total. The van der Waals surface area contributed by atoms with Crippen LogP contribution in [0.5, 0.6) is 0 Å². The van der Waals surface area contributed by atoms with Crippen molar-refractivity contribution in [2.24, 2.45) is 11.1 Å². The molecule has 0 aromatic carbocycles. The van der Waals surface area contributed by atoms with Gasteiger partial charge in [-0.25, -0.2) is 18.3 Å². The highest BCUT2D eigenvalue weighted by atomic mass is 19.4. The molecule has 2 aliphatic carbocycles. The van der Waals surface area contributed by atoms with Crippen molar-refractivity contribution in [1.29, 1.82) is 0 Å². The molecule has 172 valence electrons. The molecule has 2 aromatic rings. The summed E-state index contributed by atoms with van der Waals surface area (Å²) >= 11 is 0. The van der Waals surface area contributed by atoms with Gasteiger partial charge in [0.25, 0.3) is 0 Å². The number of imidazole rings is 1. The van der Waals surface area contributed by atoms with Crippen molar-refractivity contribution in [2.75, 3.05) is 0 Å². The second-order valence-corrected chi connectivity index (χ2v) is 8.25. The molecule has 0 radical (unpaired) electrons. The Bertz CT molecular complexity index is 899. The molecule has 2 fully saturated rings. The monoisotopic (exact) mass is 447 g/mol. The molecule has 2 aliphatic rings. The third-order valence-electron chi connectivity index (χ3n) is 5.66. The van der Waals surface area contributed by atoms with E-state index in [1.54, 1.807) is 16.8 Å². The molecule has 2 heterocycles. The summed E-state index contributed by atoms with van der Waals surface area (Å²) in [7, 11) is 0. The van der Waals surface area contributed by atoms with E-state index in [-0.39, 0.29) is 38.8 Å². The van der Waals surface area contributed by atoms with Gasteiger partial charge in [-0.05, 0) is 37.3 Å². The van der Waals surface area contributed by atoms with Gasteiger partial charge in [-0.3, -0.25) is 4.79 Å². The number of amides is 1. The number of carbonyl (C=O) groups excluding carboxylic acids is 1. The Morgan fingerprint density at radius 2 is 1.84 bits per heavy atom. The average molecular weight is 447 g/mol. The van der Waals surface area contributed by atoms with E-state index in [0.717, 1.165) is 6.42 Å². The van der Waals surface area contributed by atoms with E-state index in [4.69, 9.17) is 5.73 Å². The van der Waals surface area contributed by atoms with Crippen LogP contribution in [-0.4, -0.2) is 32.6 Å². The van der Waals surface area contributed by atoms with Crippen LogP contribution in [0.1, 0.15) is 62.6 Å². The van der Waals surface area contributed by atoms with Crippen LogP contribution in [0.2, 0.25) is 0 Å². The maximum Gasteiger partial charge on any atom is 0.395 e. The zero-order valence-corrected chi connectivity index (χ0v) is 17.0. The van der Waals surface area contributed by atoms with Crippen molar-refractivity contribution >= 4 is 11.6 Å². The van der Waals surface area contributed by atoms with Gasteiger partial charge in [-0.15, -0.1) is 0 Å². The van der Waals surface area contributed by atoms with Crippen molar-refractivity contribution in [1.82, 2.24) is 19.9 Å². The number of rotatable bonds is 5. The lowest BCUT2D eigenvalue weighted by Crippen LogP contribution is -2.32. The summed E-state index contributed by atoms with van der Waals surface area (Å²) in [5.74, 6) is -2.93. The number of aromatic nitrogens is 3. The molecule has 0 atom stereocenters. The molecule has 11 heteroatoms. The number of alkyl halides is 5. The number of nitrogens with zero attached hydrogens (tertiary/aromatic N) is 3. The first-order chi connectivity index (χ1) is 14.5. The van der Waals surface area contributed by atoms with Gasteiger partial charge in [-0.1, -0.05) is 6.42 Å². The minimum absolute atomic E-state index is 0.0212. The van der Waals surface area contributed by atoms with Gasteiger partial charge in [-0.2, -0.15) is 18.3 Å². The van der Waals surface area contributed by atoms with Crippen LogP contribution < -0.4 is 11.1 Å². The Morgan fingerprint density at radius 3 is 2.35 bits per heavy atom. The van der Waals surface area contributed by atoms with Crippen molar-refractivity contribution < 1.29 is 26.7 Å². The summed E-state index contributed by atoms with van der Waals surface area (Å²) in [6.07, 6.45) is 1.09. The molecule has 0 aliphatic heterocycles. The lowest BCUT2D eigenvalue weighted by atomic mass is 9.97. The van der Waals surface area contributed by atoms with Crippen molar-refractivity contribution in [2.45, 2.75) is 76.6 Å². The van der Waals surface area contributed by atoms with Crippen molar-refractivity contribution in [3.05, 3.63) is 29.7 Å². The first-order valence-corrected chi connectivity index (χ1v) is 10.3. The maximum absolute atomic E-state index is 12.8. The number of halogens is 5. The lowest BCUT2D eigenvalue weighted by molar-refractivity contribution is -0.190. The Balaban J connectivity index is 0.000000287. The molecular weight excluding hydrogens is 421 g/mol. The fourth-order valence-corrected chi connectivity index (χ4v) is 3.51. The van der Waals surface area contributed by atoms with Crippen LogP contribution in [0.4, 0.5) is 22.0 Å². The molecule has 1 amide bonds. The second-order valence-electron chi connectivity index (χ2n) is 8.25. The number of carbonyl (C=O) groups is 1. The molecule has 0 saturated heterocycles. The molecule has 0 bridgehead atoms. The van der Waals surface area contributed by atoms with Gasteiger partial charge in [0.05, 0.1) is 23.5 Å². The van der Waals surface area contributed by atoms with Gasteiger partial charge in [0.1, 0.15) is 0 Å². The normalized spacial score (nSPS) is 19.4. The summed E-state index contributed by atoms with van der Waals surface area (Å²) < 4.78 is 64.4. The van der Waals surface area contributed by atoms with Gasteiger partial charge < -0.3 is 11.1 Å². The zero-order chi connectivity index (χ0) is 22.7. The molecular formula is C20H26F5N5O. The Morgan fingerprint density at radius 1 is 1.16 bits per heavy atom. The summed E-state index contributed by atoms with van der Waals surface area (Å²) in [6.45, 7) is 0.399. The topological polar surface area (TPSA) is 85.3 Å². The van der Waals surface area contributed by atoms with Gasteiger partial charge in [0, 0.05) is 32.4 Å². The summed E-state index contributed by atoms with van der Waals surface area (Å²) in [4.78, 5) is 16.0. The Labute approximate surface area is 176 Å². The van der Waals surface area contributed by atoms with Crippen molar-refractivity contribution in [3.8, 4) is 0 Å². The number of hydrogen-bond acceptors (Lipinski definition) is 4. The van der Waals surface area contributed by atoms with Gasteiger partial charge >= 0.3 is 6.18 Å². The van der Waals surface area contributed by atoms with E-state index in [1.165, 1.54) is 6.20 Å². The molecule has 0 spiro atoms. The predicted octanol–water partition coefficient (Wildman–Crippen LogP) is 4.12. The maximum atomic E-state index is 12.8. The minimum atomic E-state index is -4.32. The number of fused-ring (bicyclic) bond motifs is 1. The van der Waals surface area contributed by atoms with E-state index in [0.29, 0.717) is 29.7 Å². The molecule has 2 aromatic heterocycles. The highest BCUT2D eigenvalue weighted by Gasteiger charge is 2.63. The molecule has 4 rings (SSSR count). The van der Waals surface area contributed by atoms with Crippen molar-refractivity contribution in [3.63, 3.8) is 0 Å². The van der Waals surface area contributed by atoms with E-state index in [9.17, 15) is 26.7 Å². The van der Waals surface area contributed by atoms with E-state index < -0.39 is 29.8 Å². The first-order valence-electron chi connectivity index (χ1n) is 10.3. The van der Waals surface area contributed by atoms with Crippen LogP contribution in [0, 0.1) is 5.41 Å². The van der Waals surface area contributed by atoms with E-state index in [1.807, 2.05) is 0 Å². The predicted molar refractivity (Wildman–Crippen MR) is 103 cm³/mol. The minimum Gasteiger partial charge on any atom is -0.352 e. The first kappa shape index (κ1) is 23.4. The van der Waals surface area contributed by atoms with Gasteiger partial charge in [0.15, 0.2) is 5.65 Å². The Hall–Kier alpha value is -2.30. The highest BCUT2D eigenvalue weighted by Crippen LogP contribution is 2.59. The quantitative estimate of drug-likeness (QED) is 0.676. The Kier molecular flexibility index (Phi) is 6.82. The zero-order valence-electron chi connectivity index (χ0n) is 17.0. The third-order valence-corrected chi connectivity index (χ3v) is 5.66. The number of nitrogens with two attached hydrogens (primary N) is 1. The summed E-state index contributed by atoms with van der Waals surface area (Å²) in [5.41, 5.74) is 5.60. The fourth-order valence-electron chi connectivity index (χ4n) is 3.51. The molecule has 0 unspecified atom stereocenters. The fraction of sp³-hybridized carbons (Fsp3) is 0.650. The smallest absolute Gasteiger partial charge is 0.352 e. The summed E-state index contributed by atoms with van der Waals surface area (Å²) in [6, 6.07) is 1.71. The second kappa shape index (κ2) is 9.05. The van der Waals surface area contributed by atoms with Gasteiger partial charge in [0.2, 0.25) is 11.8 Å². The molecule has 31 heavy (non-hydrogen) atoms. The standard InChI is InChI=1S/C14H16F3N5O.C6H10F2/c15-14(16,17)13(1-2-13)4-12(23)19-6-9-3-11-21-10(5-18)8-22(11)20-7-9;7-6(8)4-2-1-3-5-6/h3,7-8H,1-2,4-6,18H2,(H,19,23);1-5H2. The van der Waals surface area contributed by atoms with Crippen LogP contribution in [-0.2, 0) is 17.9 Å². The van der Waals surface area contributed by atoms with E-state index >= 15 is 0 Å². The van der Waals surface area contributed by atoms with Crippen LogP contribution in [0.25, 0.3) is 5.65 Å². The molecule has 3 N–H and O–H groups in total.